The van der Waals surface area contributed by atoms with E-state index in [9.17, 15) is 0 Å². The van der Waals surface area contributed by atoms with Crippen molar-refractivity contribution in [2.75, 3.05) is 6.61 Å². The predicted molar refractivity (Wildman–Crippen MR) is 69.5 cm³/mol. The summed E-state index contributed by atoms with van der Waals surface area (Å²) >= 11 is 0. The fourth-order valence-electron chi connectivity index (χ4n) is 3.11. The van der Waals surface area contributed by atoms with Crippen molar-refractivity contribution >= 4 is 0 Å². The molecule has 0 spiro atoms. The normalized spacial score (nSPS) is 31.6. The molecule has 1 aromatic carbocycles. The van der Waals surface area contributed by atoms with Gasteiger partial charge in [0.25, 0.3) is 0 Å². The summed E-state index contributed by atoms with van der Waals surface area (Å²) in [6.07, 6.45) is 4.60. The highest BCUT2D eigenvalue weighted by Gasteiger charge is 2.39. The van der Waals surface area contributed by atoms with E-state index in [1.165, 1.54) is 0 Å². The van der Waals surface area contributed by atoms with Crippen LogP contribution in [0.3, 0.4) is 0 Å². The minimum atomic E-state index is -1.24. The second-order valence-electron chi connectivity index (χ2n) is 5.55. The summed E-state index contributed by atoms with van der Waals surface area (Å²) in [7, 11) is 0. The number of fused-ring (bicyclic) bond motifs is 1. The topological polar surface area (TPSA) is 35.2 Å². The van der Waals surface area contributed by atoms with Crippen LogP contribution in [0, 0.1) is 0 Å². The Hall–Kier alpha value is -1.09. The van der Waals surface area contributed by atoms with Crippen molar-refractivity contribution in [3.05, 3.63) is 29.3 Å². The zero-order chi connectivity index (χ0) is 12.6. The van der Waals surface area contributed by atoms with Gasteiger partial charge in [-0.05, 0) is 44.1 Å². The molecule has 3 rings (SSSR count). The maximum Gasteiger partial charge on any atom is 0.139 e. The van der Waals surface area contributed by atoms with Gasteiger partial charge in [0.2, 0.25) is 0 Å². The minimum absolute atomic E-state index is 0.161. The van der Waals surface area contributed by atoms with Crippen molar-refractivity contribution in [1.29, 1.82) is 0 Å². The van der Waals surface area contributed by atoms with Gasteiger partial charge in [-0.3, -0.25) is 0 Å². The highest BCUT2D eigenvalue weighted by Crippen LogP contribution is 2.46. The third-order valence-electron chi connectivity index (χ3n) is 4.24. The van der Waals surface area contributed by atoms with Crippen molar-refractivity contribution in [3.8, 4) is 5.75 Å². The summed E-state index contributed by atoms with van der Waals surface area (Å²) in [6, 6.07) is 6.06. The number of aryl methyl sites for hydroxylation is 1. The number of ether oxygens (including phenoxy) is 1. The Kier molecular flexibility index (Phi) is 3.02. The Morgan fingerprint density at radius 3 is 2.83 bits per heavy atom. The first-order valence-corrected chi connectivity index (χ1v) is 6.89. The number of nitrogens with two attached hydrogens (primary N) is 1. The zero-order valence-electron chi connectivity index (χ0n) is 10.6. The number of para-hydroxylation sites is 1. The molecular formula is C15H20FNO. The Labute approximate surface area is 107 Å². The molecule has 0 radical (unpaired) electrons. The Morgan fingerprint density at radius 2 is 2.06 bits per heavy atom. The van der Waals surface area contributed by atoms with Gasteiger partial charge < -0.3 is 10.5 Å². The van der Waals surface area contributed by atoms with Crippen LogP contribution in [0.25, 0.3) is 0 Å². The molecule has 0 bridgehead atoms. The van der Waals surface area contributed by atoms with Crippen LogP contribution in [-0.2, 0) is 12.1 Å². The number of rotatable bonds is 1. The first-order chi connectivity index (χ1) is 8.69. The average Bonchev–Trinajstić information content (AvgIpc) is 2.42. The lowest BCUT2D eigenvalue weighted by Crippen LogP contribution is -2.34. The Balaban J connectivity index is 1.96. The molecule has 0 aromatic heterocycles. The largest absolute Gasteiger partial charge is 0.493 e. The van der Waals surface area contributed by atoms with E-state index in [2.05, 4.69) is 6.07 Å². The smallest absolute Gasteiger partial charge is 0.139 e. The maximum atomic E-state index is 15.1. The first kappa shape index (κ1) is 12.0. The van der Waals surface area contributed by atoms with E-state index in [1.807, 2.05) is 12.1 Å². The molecule has 1 saturated carbocycles. The molecular weight excluding hydrogens is 229 g/mol. The molecule has 2 nitrogen and oxygen atoms in total. The van der Waals surface area contributed by atoms with Crippen molar-refractivity contribution < 1.29 is 9.13 Å². The van der Waals surface area contributed by atoms with E-state index in [0.717, 1.165) is 42.6 Å². The van der Waals surface area contributed by atoms with Gasteiger partial charge in [-0.2, -0.15) is 0 Å². The van der Waals surface area contributed by atoms with Crippen molar-refractivity contribution in [2.24, 2.45) is 5.73 Å². The van der Waals surface area contributed by atoms with Crippen molar-refractivity contribution in [1.82, 2.24) is 0 Å². The number of hydrogen-bond acceptors (Lipinski definition) is 2. The lowest BCUT2D eigenvalue weighted by atomic mass is 9.78. The van der Waals surface area contributed by atoms with Crippen LogP contribution < -0.4 is 10.5 Å². The highest BCUT2D eigenvalue weighted by molar-refractivity contribution is 5.46. The van der Waals surface area contributed by atoms with Gasteiger partial charge in [-0.25, -0.2) is 4.39 Å². The van der Waals surface area contributed by atoms with Crippen LogP contribution in [0.1, 0.15) is 43.2 Å². The number of benzene rings is 1. The molecule has 0 unspecified atom stereocenters. The summed E-state index contributed by atoms with van der Waals surface area (Å²) in [5, 5.41) is 0. The molecule has 2 aliphatic rings. The summed E-state index contributed by atoms with van der Waals surface area (Å²) in [5.74, 6) is 0.807. The summed E-state index contributed by atoms with van der Waals surface area (Å²) < 4.78 is 20.9. The lowest BCUT2D eigenvalue weighted by Gasteiger charge is -2.35. The monoisotopic (exact) mass is 249 g/mol. The molecule has 1 heterocycles. The fourth-order valence-corrected chi connectivity index (χ4v) is 3.11. The van der Waals surface area contributed by atoms with Gasteiger partial charge in [-0.1, -0.05) is 18.2 Å². The SMILES string of the molecule is NC1CCC(F)(c2cccc3c2OCCC3)CC1. The predicted octanol–water partition coefficient (Wildman–Crippen LogP) is 3.08. The summed E-state index contributed by atoms with van der Waals surface area (Å²) in [5.41, 5.74) is 6.55. The molecule has 0 saturated heterocycles. The zero-order valence-corrected chi connectivity index (χ0v) is 10.6. The van der Waals surface area contributed by atoms with Crippen molar-refractivity contribution in [2.45, 2.75) is 50.2 Å². The molecule has 1 aliphatic heterocycles. The molecule has 0 atom stereocenters. The molecule has 3 heteroatoms. The number of hydrogen-bond donors (Lipinski definition) is 1. The van der Waals surface area contributed by atoms with E-state index in [0.29, 0.717) is 19.4 Å². The molecule has 1 aliphatic carbocycles. The third kappa shape index (κ3) is 2.01. The van der Waals surface area contributed by atoms with E-state index in [4.69, 9.17) is 10.5 Å². The molecule has 98 valence electrons. The van der Waals surface area contributed by atoms with Gasteiger partial charge in [-0.15, -0.1) is 0 Å². The molecule has 2 N–H and O–H groups in total. The van der Waals surface area contributed by atoms with E-state index >= 15 is 4.39 Å². The summed E-state index contributed by atoms with van der Waals surface area (Å²) in [4.78, 5) is 0. The van der Waals surface area contributed by atoms with Gasteiger partial charge in [0.1, 0.15) is 11.4 Å². The van der Waals surface area contributed by atoms with Crippen LogP contribution in [0.2, 0.25) is 0 Å². The molecule has 18 heavy (non-hydrogen) atoms. The van der Waals surface area contributed by atoms with Crippen molar-refractivity contribution in [3.63, 3.8) is 0 Å². The lowest BCUT2D eigenvalue weighted by molar-refractivity contribution is 0.0924. The quantitative estimate of drug-likeness (QED) is 0.830. The van der Waals surface area contributed by atoms with Gasteiger partial charge in [0.05, 0.1) is 6.61 Å². The third-order valence-corrected chi connectivity index (χ3v) is 4.24. The van der Waals surface area contributed by atoms with Gasteiger partial charge in [0, 0.05) is 11.6 Å². The number of halogens is 1. The molecule has 1 aromatic rings. The van der Waals surface area contributed by atoms with Crippen LogP contribution in [0.15, 0.2) is 18.2 Å². The molecule has 1 fully saturated rings. The van der Waals surface area contributed by atoms with Crippen LogP contribution >= 0.6 is 0 Å². The van der Waals surface area contributed by atoms with Gasteiger partial charge >= 0.3 is 0 Å². The van der Waals surface area contributed by atoms with E-state index in [1.54, 1.807) is 0 Å². The average molecular weight is 249 g/mol. The van der Waals surface area contributed by atoms with E-state index < -0.39 is 5.67 Å². The van der Waals surface area contributed by atoms with Crippen LogP contribution in [-0.4, -0.2) is 12.6 Å². The fraction of sp³-hybridized carbons (Fsp3) is 0.600. The standard InChI is InChI=1S/C15H20FNO/c16-15(8-6-12(17)7-9-15)13-5-1-3-11-4-2-10-18-14(11)13/h1,3,5,12H,2,4,6-10,17H2. The second kappa shape index (κ2) is 4.54. The Bertz CT molecular complexity index is 438. The number of alkyl halides is 1. The first-order valence-electron chi connectivity index (χ1n) is 6.89. The highest BCUT2D eigenvalue weighted by atomic mass is 19.1. The van der Waals surface area contributed by atoms with Gasteiger partial charge in [0.15, 0.2) is 0 Å². The maximum absolute atomic E-state index is 15.1. The summed E-state index contributed by atoms with van der Waals surface area (Å²) in [6.45, 7) is 0.708. The van der Waals surface area contributed by atoms with Crippen LogP contribution in [0.5, 0.6) is 5.75 Å². The molecule has 0 amide bonds. The minimum Gasteiger partial charge on any atom is -0.493 e. The van der Waals surface area contributed by atoms with Crippen LogP contribution in [0.4, 0.5) is 4.39 Å². The second-order valence-corrected chi connectivity index (χ2v) is 5.55. The van der Waals surface area contributed by atoms with E-state index in [-0.39, 0.29) is 6.04 Å². The Morgan fingerprint density at radius 1 is 1.28 bits per heavy atom.